The Morgan fingerprint density at radius 3 is 2.67 bits per heavy atom. The lowest BCUT2D eigenvalue weighted by molar-refractivity contribution is 0.474. The molecule has 0 aliphatic heterocycles. The fourth-order valence-electron chi connectivity index (χ4n) is 1.15. The molecule has 68 valence electrons. The molecule has 0 radical (unpaired) electrons. The summed E-state index contributed by atoms with van der Waals surface area (Å²) >= 11 is 5.73. The normalized spacial score (nSPS) is 11.1. The maximum absolute atomic E-state index is 5.73. The molecule has 0 aliphatic carbocycles. The minimum Gasteiger partial charge on any atom is -0.269 e. The number of aromatic nitrogens is 2. The fourth-order valence-corrected chi connectivity index (χ4v) is 1.41. The average molecular weight is 187 g/mol. The highest BCUT2D eigenvalue weighted by molar-refractivity contribution is 6.17. The third-order valence-corrected chi connectivity index (χ3v) is 2.17. The number of rotatable bonds is 3. The lowest BCUT2D eigenvalue weighted by atomic mass is 10.2. The highest BCUT2D eigenvalue weighted by Gasteiger charge is 2.05. The van der Waals surface area contributed by atoms with E-state index in [0.29, 0.717) is 11.8 Å². The van der Waals surface area contributed by atoms with Crippen molar-refractivity contribution in [1.82, 2.24) is 9.78 Å². The van der Waals surface area contributed by atoms with Crippen molar-refractivity contribution in [2.24, 2.45) is 5.92 Å². The molecule has 1 aromatic rings. The minimum atomic E-state index is 0.559. The first-order valence-electron chi connectivity index (χ1n) is 4.22. The number of nitrogens with zero attached hydrogens (tertiary/aromatic N) is 2. The summed E-state index contributed by atoms with van der Waals surface area (Å²) in [7, 11) is 0. The van der Waals surface area contributed by atoms with E-state index in [-0.39, 0.29) is 0 Å². The van der Waals surface area contributed by atoms with Gasteiger partial charge in [-0.2, -0.15) is 5.10 Å². The van der Waals surface area contributed by atoms with Crippen molar-refractivity contribution < 1.29 is 0 Å². The van der Waals surface area contributed by atoms with Gasteiger partial charge in [-0.05, 0) is 12.8 Å². The first kappa shape index (κ1) is 9.59. The molecule has 1 rings (SSSR count). The summed E-state index contributed by atoms with van der Waals surface area (Å²) in [5.74, 6) is 1.19. The monoisotopic (exact) mass is 186 g/mol. The first-order chi connectivity index (χ1) is 5.65. The first-order valence-corrected chi connectivity index (χ1v) is 4.75. The Kier molecular flexibility index (Phi) is 3.15. The second-order valence-corrected chi connectivity index (χ2v) is 3.73. The van der Waals surface area contributed by atoms with Crippen molar-refractivity contribution in [1.29, 1.82) is 0 Å². The Morgan fingerprint density at radius 1 is 1.58 bits per heavy atom. The molecule has 0 saturated carbocycles. The summed E-state index contributed by atoms with van der Waals surface area (Å²) in [5, 5.41) is 4.26. The molecule has 1 heterocycles. The van der Waals surface area contributed by atoms with Crippen LogP contribution in [0, 0.1) is 12.8 Å². The Morgan fingerprint density at radius 2 is 2.25 bits per heavy atom. The van der Waals surface area contributed by atoms with Crippen LogP contribution in [-0.2, 0) is 12.4 Å². The number of alkyl halides is 1. The van der Waals surface area contributed by atoms with Crippen molar-refractivity contribution >= 4 is 11.6 Å². The van der Waals surface area contributed by atoms with Gasteiger partial charge in [0.25, 0.3) is 0 Å². The van der Waals surface area contributed by atoms with E-state index in [1.807, 2.05) is 10.9 Å². The molecule has 0 N–H and O–H groups in total. The average Bonchev–Trinajstić information content (AvgIpc) is 2.32. The third-order valence-electron chi connectivity index (χ3n) is 1.89. The van der Waals surface area contributed by atoms with Gasteiger partial charge in [-0.3, -0.25) is 4.68 Å². The van der Waals surface area contributed by atoms with Crippen molar-refractivity contribution in [2.45, 2.75) is 33.2 Å². The smallest absolute Gasteiger partial charge is 0.0536 e. The van der Waals surface area contributed by atoms with Gasteiger partial charge in [0, 0.05) is 17.8 Å². The zero-order valence-corrected chi connectivity index (χ0v) is 8.60. The van der Waals surface area contributed by atoms with Gasteiger partial charge in [-0.15, -0.1) is 11.6 Å². The van der Waals surface area contributed by atoms with Crippen molar-refractivity contribution in [3.8, 4) is 0 Å². The topological polar surface area (TPSA) is 17.8 Å². The Balaban J connectivity index is 2.80. The van der Waals surface area contributed by atoms with Gasteiger partial charge in [-0.1, -0.05) is 13.8 Å². The van der Waals surface area contributed by atoms with E-state index in [1.165, 1.54) is 5.69 Å². The number of hydrogen-bond donors (Lipinski definition) is 0. The van der Waals surface area contributed by atoms with E-state index in [2.05, 4.69) is 25.9 Å². The largest absolute Gasteiger partial charge is 0.269 e. The predicted molar refractivity (Wildman–Crippen MR) is 51.4 cm³/mol. The van der Waals surface area contributed by atoms with Crippen LogP contribution in [-0.4, -0.2) is 9.78 Å². The maximum Gasteiger partial charge on any atom is 0.0536 e. The Bertz CT molecular complexity index is 253. The number of hydrogen-bond acceptors (Lipinski definition) is 1. The maximum atomic E-state index is 5.73. The van der Waals surface area contributed by atoms with Gasteiger partial charge in [-0.25, -0.2) is 0 Å². The third kappa shape index (κ3) is 2.01. The number of halogens is 1. The summed E-state index contributed by atoms with van der Waals surface area (Å²) in [4.78, 5) is 0. The van der Waals surface area contributed by atoms with Crippen LogP contribution in [0.3, 0.4) is 0 Å². The van der Waals surface area contributed by atoms with E-state index in [0.717, 1.165) is 12.1 Å². The molecule has 1 aromatic heterocycles. The van der Waals surface area contributed by atoms with E-state index >= 15 is 0 Å². The van der Waals surface area contributed by atoms with Crippen molar-refractivity contribution in [3.63, 3.8) is 0 Å². The SMILES string of the molecule is Cc1c(CCl)cnn1CC(C)C. The van der Waals surface area contributed by atoms with Gasteiger partial charge >= 0.3 is 0 Å². The Hall–Kier alpha value is -0.500. The van der Waals surface area contributed by atoms with E-state index < -0.39 is 0 Å². The van der Waals surface area contributed by atoms with Crippen molar-refractivity contribution in [3.05, 3.63) is 17.5 Å². The summed E-state index contributed by atoms with van der Waals surface area (Å²) in [6.45, 7) is 7.40. The highest BCUT2D eigenvalue weighted by atomic mass is 35.5. The van der Waals surface area contributed by atoms with E-state index in [1.54, 1.807) is 0 Å². The summed E-state index contributed by atoms with van der Waals surface area (Å²) in [5.41, 5.74) is 2.33. The van der Waals surface area contributed by atoms with Crippen LogP contribution in [0.15, 0.2) is 6.20 Å². The van der Waals surface area contributed by atoms with Gasteiger partial charge in [0.05, 0.1) is 12.1 Å². The lowest BCUT2D eigenvalue weighted by Crippen LogP contribution is -2.07. The molecule has 12 heavy (non-hydrogen) atoms. The highest BCUT2D eigenvalue weighted by Crippen LogP contribution is 2.11. The lowest BCUT2D eigenvalue weighted by Gasteiger charge is -2.07. The molecule has 0 fully saturated rings. The molecule has 0 aromatic carbocycles. The van der Waals surface area contributed by atoms with Crippen LogP contribution in [0.5, 0.6) is 0 Å². The molecule has 0 saturated heterocycles. The predicted octanol–water partition coefficient (Wildman–Crippen LogP) is 2.59. The molecule has 0 spiro atoms. The molecular weight excluding hydrogens is 172 g/mol. The van der Waals surface area contributed by atoms with Crippen LogP contribution in [0.4, 0.5) is 0 Å². The zero-order chi connectivity index (χ0) is 9.14. The van der Waals surface area contributed by atoms with Crippen LogP contribution < -0.4 is 0 Å². The van der Waals surface area contributed by atoms with E-state index in [4.69, 9.17) is 11.6 Å². The zero-order valence-electron chi connectivity index (χ0n) is 7.84. The van der Waals surface area contributed by atoms with Gasteiger partial charge in [0.1, 0.15) is 0 Å². The molecule has 0 bridgehead atoms. The van der Waals surface area contributed by atoms with Gasteiger partial charge < -0.3 is 0 Å². The van der Waals surface area contributed by atoms with Gasteiger partial charge in [0.15, 0.2) is 0 Å². The second kappa shape index (κ2) is 3.94. The van der Waals surface area contributed by atoms with Crippen LogP contribution in [0.1, 0.15) is 25.1 Å². The fraction of sp³-hybridized carbons (Fsp3) is 0.667. The van der Waals surface area contributed by atoms with Crippen LogP contribution >= 0.6 is 11.6 Å². The quantitative estimate of drug-likeness (QED) is 0.664. The summed E-state index contributed by atoms with van der Waals surface area (Å²) < 4.78 is 2.02. The molecule has 0 amide bonds. The minimum absolute atomic E-state index is 0.559. The van der Waals surface area contributed by atoms with Crippen LogP contribution in [0.2, 0.25) is 0 Å². The molecule has 0 atom stereocenters. The van der Waals surface area contributed by atoms with E-state index in [9.17, 15) is 0 Å². The molecule has 2 nitrogen and oxygen atoms in total. The molecule has 0 aliphatic rings. The molecule has 3 heteroatoms. The summed E-state index contributed by atoms with van der Waals surface area (Å²) in [6, 6.07) is 0. The van der Waals surface area contributed by atoms with Crippen LogP contribution in [0.25, 0.3) is 0 Å². The standard InChI is InChI=1S/C9H15ClN2/c1-7(2)6-12-8(3)9(4-10)5-11-12/h5,7H,4,6H2,1-3H3. The molecule has 0 unspecified atom stereocenters. The van der Waals surface area contributed by atoms with Gasteiger partial charge in [0.2, 0.25) is 0 Å². The molecular formula is C9H15ClN2. The summed E-state index contributed by atoms with van der Waals surface area (Å²) in [6.07, 6.45) is 1.85. The Labute approximate surface area is 78.5 Å². The van der Waals surface area contributed by atoms with Crippen molar-refractivity contribution in [2.75, 3.05) is 0 Å². The second-order valence-electron chi connectivity index (χ2n) is 3.46.